The van der Waals surface area contributed by atoms with Gasteiger partial charge >= 0.3 is 0 Å². The fraction of sp³-hybridized carbons (Fsp3) is 0.931. The van der Waals surface area contributed by atoms with Crippen LogP contribution in [0.3, 0.4) is 0 Å². The number of ketones is 1. The molecule has 10 atom stereocenters. The van der Waals surface area contributed by atoms with Crippen LogP contribution in [0, 0.1) is 52.3 Å². The molecule has 0 aromatic rings. The summed E-state index contributed by atoms with van der Waals surface area (Å²) < 4.78 is 0. The largest absolute Gasteiger partial charge is 0.393 e. The minimum atomic E-state index is -0.0770. The quantitative estimate of drug-likeness (QED) is 0.508. The summed E-state index contributed by atoms with van der Waals surface area (Å²) in [5.41, 5.74) is 0.828. The Hall–Kier alpha value is -0.900. The van der Waals surface area contributed by atoms with Gasteiger partial charge in [0.15, 0.2) is 0 Å². The maximum absolute atomic E-state index is 12.2. The molecule has 4 fully saturated rings. The molecule has 4 saturated carbocycles. The van der Waals surface area contributed by atoms with E-state index in [2.05, 4.69) is 33.0 Å². The molecule has 2 N–H and O–H groups in total. The van der Waals surface area contributed by atoms with Crippen molar-refractivity contribution in [2.75, 3.05) is 6.54 Å². The lowest BCUT2D eigenvalue weighted by Crippen LogP contribution is -2.56. The highest BCUT2D eigenvalue weighted by molar-refractivity contribution is 5.84. The van der Waals surface area contributed by atoms with Crippen LogP contribution in [0.15, 0.2) is 0 Å². The van der Waals surface area contributed by atoms with E-state index in [4.69, 9.17) is 0 Å². The fourth-order valence-corrected chi connectivity index (χ4v) is 9.78. The van der Waals surface area contributed by atoms with Gasteiger partial charge in [-0.25, -0.2) is 0 Å². The summed E-state index contributed by atoms with van der Waals surface area (Å²) in [5, 5.41) is 13.2. The molecule has 0 heterocycles. The number of amides is 1. The average Bonchev–Trinajstić information content (AvgIpc) is 3.13. The van der Waals surface area contributed by atoms with Crippen LogP contribution in [0.2, 0.25) is 0 Å². The lowest BCUT2D eigenvalue weighted by molar-refractivity contribution is -0.152. The third kappa shape index (κ3) is 4.55. The van der Waals surface area contributed by atoms with Crippen molar-refractivity contribution in [1.82, 2.24) is 5.32 Å². The summed E-state index contributed by atoms with van der Waals surface area (Å²) >= 11 is 0. The minimum Gasteiger partial charge on any atom is -0.393 e. The molecular formula is C29H49NO3. The molecule has 4 aliphatic rings. The Bertz CT molecular complexity index is 736. The molecule has 0 spiro atoms. The third-order valence-corrected chi connectivity index (χ3v) is 11.5. The first-order chi connectivity index (χ1) is 15.6. The maximum atomic E-state index is 12.2. The van der Waals surface area contributed by atoms with Crippen LogP contribution in [-0.2, 0) is 9.59 Å². The number of carbonyl (C=O) groups excluding carboxylic acids is 2. The van der Waals surface area contributed by atoms with Gasteiger partial charge in [-0.15, -0.1) is 0 Å². The molecule has 0 aromatic heterocycles. The molecule has 4 rings (SSSR count). The van der Waals surface area contributed by atoms with Crippen molar-refractivity contribution < 1.29 is 14.7 Å². The van der Waals surface area contributed by atoms with E-state index >= 15 is 0 Å². The first kappa shape index (κ1) is 25.2. The zero-order valence-electron chi connectivity index (χ0n) is 21.9. The summed E-state index contributed by atoms with van der Waals surface area (Å²) in [6.45, 7) is 11.6. The molecular weight excluding hydrogens is 410 g/mol. The van der Waals surface area contributed by atoms with Gasteiger partial charge in [-0.05, 0) is 117 Å². The van der Waals surface area contributed by atoms with Crippen molar-refractivity contribution in [3.05, 3.63) is 0 Å². The number of hydrogen-bond acceptors (Lipinski definition) is 3. The molecule has 33 heavy (non-hydrogen) atoms. The van der Waals surface area contributed by atoms with E-state index in [1.54, 1.807) is 0 Å². The van der Waals surface area contributed by atoms with E-state index < -0.39 is 0 Å². The molecule has 188 valence electrons. The number of carbonyl (C=O) groups is 2. The SMILES string of the molecule is CC[C@H]1CC2C(CC[C@@]3(C)C2CC[C@@H]3[C@H](C)CCC(=O)NCC(C)=O)[C@@]2(C)CC[C@@H](O)CC12. The first-order valence-corrected chi connectivity index (χ1v) is 14.0. The van der Waals surface area contributed by atoms with Crippen LogP contribution in [0.5, 0.6) is 0 Å². The Balaban J connectivity index is 1.45. The number of aliphatic hydroxyl groups excluding tert-OH is 1. The Labute approximate surface area is 202 Å². The van der Waals surface area contributed by atoms with Crippen LogP contribution in [0.25, 0.3) is 0 Å². The van der Waals surface area contributed by atoms with Gasteiger partial charge in [-0.2, -0.15) is 0 Å². The van der Waals surface area contributed by atoms with Crippen LogP contribution < -0.4 is 5.32 Å². The van der Waals surface area contributed by atoms with Gasteiger partial charge in [0, 0.05) is 6.42 Å². The molecule has 4 aliphatic carbocycles. The van der Waals surface area contributed by atoms with Gasteiger partial charge < -0.3 is 10.4 Å². The minimum absolute atomic E-state index is 0.0144. The normalized spacial score (nSPS) is 45.5. The smallest absolute Gasteiger partial charge is 0.220 e. The van der Waals surface area contributed by atoms with E-state index in [0.29, 0.717) is 35.0 Å². The Kier molecular flexibility index (Phi) is 7.35. The van der Waals surface area contributed by atoms with Crippen LogP contribution in [0.4, 0.5) is 0 Å². The highest BCUT2D eigenvalue weighted by Gasteiger charge is 2.62. The summed E-state index contributed by atoms with van der Waals surface area (Å²) in [7, 11) is 0. The number of hydrogen-bond donors (Lipinski definition) is 2. The lowest BCUT2D eigenvalue weighted by atomic mass is 9.42. The molecule has 4 unspecified atom stereocenters. The van der Waals surface area contributed by atoms with Crippen molar-refractivity contribution >= 4 is 11.7 Å². The number of Topliss-reactive ketones (excluding diaryl/α,β-unsaturated/α-hetero) is 1. The van der Waals surface area contributed by atoms with E-state index in [1.807, 2.05) is 0 Å². The van der Waals surface area contributed by atoms with Gasteiger partial charge in [-0.3, -0.25) is 9.59 Å². The van der Waals surface area contributed by atoms with Crippen molar-refractivity contribution in [3.8, 4) is 0 Å². The molecule has 4 heteroatoms. The Morgan fingerprint density at radius 3 is 2.39 bits per heavy atom. The maximum Gasteiger partial charge on any atom is 0.220 e. The molecule has 0 bridgehead atoms. The van der Waals surface area contributed by atoms with Gasteiger partial charge in [0.1, 0.15) is 5.78 Å². The third-order valence-electron chi connectivity index (χ3n) is 11.5. The summed E-state index contributed by atoms with van der Waals surface area (Å²) in [6, 6.07) is 0. The first-order valence-electron chi connectivity index (χ1n) is 14.0. The van der Waals surface area contributed by atoms with E-state index in [1.165, 1.54) is 51.9 Å². The second-order valence-electron chi connectivity index (χ2n) is 13.0. The predicted molar refractivity (Wildman–Crippen MR) is 132 cm³/mol. The standard InChI is InChI=1S/C29H49NO3/c1-6-20-15-22-24-9-8-23(18(2)7-10-27(33)30-17-19(3)31)28(24,4)14-12-25(22)29(5)13-11-21(32)16-26(20)29/h18,20-26,32H,6-17H2,1-5H3,(H,30,33)/t18-,20+,21-,22?,23-,24?,25?,26?,28-,29-/m1/s1. The molecule has 0 saturated heterocycles. The van der Waals surface area contributed by atoms with E-state index in [-0.39, 0.29) is 24.3 Å². The number of fused-ring (bicyclic) bond motifs is 5. The van der Waals surface area contributed by atoms with Crippen molar-refractivity contribution in [3.63, 3.8) is 0 Å². The van der Waals surface area contributed by atoms with Crippen molar-refractivity contribution in [2.45, 2.75) is 111 Å². The second-order valence-corrected chi connectivity index (χ2v) is 13.0. The Morgan fingerprint density at radius 1 is 1.00 bits per heavy atom. The molecule has 0 aromatic carbocycles. The second kappa shape index (κ2) is 9.63. The van der Waals surface area contributed by atoms with E-state index in [9.17, 15) is 14.7 Å². The van der Waals surface area contributed by atoms with Crippen molar-refractivity contribution in [1.29, 1.82) is 0 Å². The summed E-state index contributed by atoms with van der Waals surface area (Å²) in [5.74, 6) is 5.30. The Morgan fingerprint density at radius 2 is 1.70 bits per heavy atom. The zero-order valence-corrected chi connectivity index (χ0v) is 21.9. The van der Waals surface area contributed by atoms with Crippen molar-refractivity contribution in [2.24, 2.45) is 52.3 Å². The lowest BCUT2D eigenvalue weighted by Gasteiger charge is -2.63. The molecule has 4 nitrogen and oxygen atoms in total. The fourth-order valence-electron chi connectivity index (χ4n) is 9.78. The van der Waals surface area contributed by atoms with Gasteiger partial charge in [0.25, 0.3) is 0 Å². The van der Waals surface area contributed by atoms with Gasteiger partial charge in [-0.1, -0.05) is 34.1 Å². The highest BCUT2D eigenvalue weighted by atomic mass is 16.3. The zero-order chi connectivity index (χ0) is 24.0. The summed E-state index contributed by atoms with van der Waals surface area (Å²) in [4.78, 5) is 23.4. The molecule has 0 radical (unpaired) electrons. The van der Waals surface area contributed by atoms with Gasteiger partial charge in [0.2, 0.25) is 5.91 Å². The topological polar surface area (TPSA) is 66.4 Å². The van der Waals surface area contributed by atoms with Crippen LogP contribution >= 0.6 is 0 Å². The number of rotatable bonds is 7. The molecule has 1 amide bonds. The average molecular weight is 460 g/mol. The van der Waals surface area contributed by atoms with Crippen LogP contribution in [0.1, 0.15) is 105 Å². The highest BCUT2D eigenvalue weighted by Crippen LogP contribution is 2.69. The van der Waals surface area contributed by atoms with Gasteiger partial charge in [0.05, 0.1) is 12.6 Å². The summed E-state index contributed by atoms with van der Waals surface area (Å²) in [6.07, 6.45) is 12.7. The number of aliphatic hydroxyl groups is 1. The van der Waals surface area contributed by atoms with E-state index in [0.717, 1.165) is 42.9 Å². The van der Waals surface area contributed by atoms with Crippen LogP contribution in [-0.4, -0.2) is 29.4 Å². The predicted octanol–water partition coefficient (Wildman–Crippen LogP) is 5.76. The monoisotopic (exact) mass is 459 g/mol. The number of nitrogens with one attached hydrogen (secondary N) is 1. The molecule has 0 aliphatic heterocycles.